The van der Waals surface area contributed by atoms with Gasteiger partial charge >= 0.3 is 0 Å². The zero-order valence-electron chi connectivity index (χ0n) is 9.60. The lowest BCUT2D eigenvalue weighted by Crippen LogP contribution is -2.32. The number of hydrogen-bond acceptors (Lipinski definition) is 4. The molecule has 0 aliphatic carbocycles. The summed E-state index contributed by atoms with van der Waals surface area (Å²) in [6, 6.07) is 1.92. The van der Waals surface area contributed by atoms with E-state index < -0.39 is 10.0 Å². The van der Waals surface area contributed by atoms with Crippen molar-refractivity contribution >= 4 is 10.0 Å². The molecule has 0 spiro atoms. The van der Waals surface area contributed by atoms with Crippen LogP contribution >= 0.6 is 0 Å². The Bertz CT molecular complexity index is 413. The Morgan fingerprint density at radius 3 is 2.75 bits per heavy atom. The van der Waals surface area contributed by atoms with Gasteiger partial charge in [-0.2, -0.15) is 5.10 Å². The molecule has 0 aliphatic rings. The molecule has 0 fully saturated rings. The molecule has 0 bridgehead atoms. The Hall–Kier alpha value is -0.920. The van der Waals surface area contributed by atoms with E-state index in [1.807, 2.05) is 19.3 Å². The topological polar surface area (TPSA) is 76.0 Å². The van der Waals surface area contributed by atoms with Crippen molar-refractivity contribution in [3.05, 3.63) is 18.0 Å². The molecule has 6 nitrogen and oxygen atoms in total. The van der Waals surface area contributed by atoms with E-state index in [9.17, 15) is 8.42 Å². The Morgan fingerprint density at radius 2 is 2.19 bits per heavy atom. The first-order valence-electron chi connectivity index (χ1n) is 5.20. The number of sulfonamides is 1. The van der Waals surface area contributed by atoms with Crippen LogP contribution in [0.2, 0.25) is 0 Å². The van der Waals surface area contributed by atoms with Crippen molar-refractivity contribution in [1.82, 2.24) is 19.8 Å². The summed E-state index contributed by atoms with van der Waals surface area (Å²) >= 11 is 0. The molecule has 0 saturated carbocycles. The zero-order chi connectivity index (χ0) is 12.0. The van der Waals surface area contributed by atoms with E-state index in [-0.39, 0.29) is 5.75 Å². The summed E-state index contributed by atoms with van der Waals surface area (Å²) in [7, 11) is -1.21. The minimum absolute atomic E-state index is 0.118. The summed E-state index contributed by atoms with van der Waals surface area (Å²) in [6.07, 6.45) is 1.87. The molecule has 1 rings (SSSR count). The van der Waals surface area contributed by atoms with Crippen LogP contribution in [0.4, 0.5) is 0 Å². The van der Waals surface area contributed by atoms with Gasteiger partial charge in [0.25, 0.3) is 0 Å². The van der Waals surface area contributed by atoms with Gasteiger partial charge in [-0.15, -0.1) is 0 Å². The molecule has 0 aliphatic heterocycles. The van der Waals surface area contributed by atoms with Crippen molar-refractivity contribution in [1.29, 1.82) is 0 Å². The minimum atomic E-state index is -3.07. The molecule has 92 valence electrons. The molecule has 0 radical (unpaired) electrons. The highest BCUT2D eigenvalue weighted by Crippen LogP contribution is 1.92. The lowest BCUT2D eigenvalue weighted by molar-refractivity contribution is 0.576. The number of aromatic nitrogens is 2. The average molecular weight is 246 g/mol. The van der Waals surface area contributed by atoms with Gasteiger partial charge in [-0.3, -0.25) is 4.68 Å². The normalized spacial score (nSPS) is 11.9. The fraction of sp³-hybridized carbons (Fsp3) is 0.667. The van der Waals surface area contributed by atoms with Crippen LogP contribution in [0.5, 0.6) is 0 Å². The smallest absolute Gasteiger partial charge is 0.211 e. The van der Waals surface area contributed by atoms with E-state index in [1.54, 1.807) is 11.6 Å². The van der Waals surface area contributed by atoms with Gasteiger partial charge in [0, 0.05) is 32.9 Å². The molecule has 1 aromatic rings. The van der Waals surface area contributed by atoms with E-state index >= 15 is 0 Å². The number of nitrogens with one attached hydrogen (secondary N) is 2. The fourth-order valence-electron chi connectivity index (χ4n) is 1.17. The summed E-state index contributed by atoms with van der Waals surface area (Å²) in [6.45, 7) is 3.26. The van der Waals surface area contributed by atoms with Crippen LogP contribution < -0.4 is 10.0 Å². The third kappa shape index (κ3) is 4.73. The van der Waals surface area contributed by atoms with Gasteiger partial charge in [-0.25, -0.2) is 13.1 Å². The van der Waals surface area contributed by atoms with Crippen molar-refractivity contribution in [2.24, 2.45) is 7.05 Å². The molecule has 2 N–H and O–H groups in total. The van der Waals surface area contributed by atoms with E-state index in [0.717, 1.165) is 5.69 Å². The predicted octanol–water partition coefficient (Wildman–Crippen LogP) is -0.551. The van der Waals surface area contributed by atoms with Gasteiger partial charge in [0.2, 0.25) is 10.0 Å². The van der Waals surface area contributed by atoms with Crippen LogP contribution in [0.15, 0.2) is 12.3 Å². The maximum absolute atomic E-state index is 11.1. The second-order valence-electron chi connectivity index (χ2n) is 3.46. The van der Waals surface area contributed by atoms with Gasteiger partial charge in [0.1, 0.15) is 0 Å². The lowest BCUT2D eigenvalue weighted by Gasteiger charge is -2.04. The van der Waals surface area contributed by atoms with Crippen molar-refractivity contribution in [3.8, 4) is 0 Å². The zero-order valence-corrected chi connectivity index (χ0v) is 10.4. The van der Waals surface area contributed by atoms with Gasteiger partial charge in [-0.1, -0.05) is 0 Å². The molecule has 16 heavy (non-hydrogen) atoms. The highest BCUT2D eigenvalue weighted by atomic mass is 32.2. The van der Waals surface area contributed by atoms with Crippen LogP contribution in [0.25, 0.3) is 0 Å². The van der Waals surface area contributed by atoms with Crippen LogP contribution in [-0.2, 0) is 23.6 Å². The molecule has 0 saturated heterocycles. The summed E-state index contributed by atoms with van der Waals surface area (Å²) < 4.78 is 26.4. The highest BCUT2D eigenvalue weighted by molar-refractivity contribution is 7.89. The minimum Gasteiger partial charge on any atom is -0.310 e. The van der Waals surface area contributed by atoms with Crippen LogP contribution in [0.3, 0.4) is 0 Å². The first-order chi connectivity index (χ1) is 7.53. The summed E-state index contributed by atoms with van der Waals surface area (Å²) in [5, 5.41) is 7.30. The number of rotatable bonds is 7. The standard InChI is InChI=1S/C9H18N4O2S/c1-3-16(14,15)11-6-5-10-8-9-4-7-13(2)12-9/h4,7,10-11H,3,5-6,8H2,1-2H3. The first kappa shape index (κ1) is 13.1. The van der Waals surface area contributed by atoms with E-state index in [4.69, 9.17) is 0 Å². The quantitative estimate of drug-likeness (QED) is 0.633. The molecule has 0 atom stereocenters. The van der Waals surface area contributed by atoms with Crippen LogP contribution in [0, 0.1) is 0 Å². The van der Waals surface area contributed by atoms with Crippen molar-refractivity contribution in [3.63, 3.8) is 0 Å². The van der Waals surface area contributed by atoms with E-state index in [2.05, 4.69) is 15.1 Å². The largest absolute Gasteiger partial charge is 0.310 e. The number of nitrogens with zero attached hydrogens (tertiary/aromatic N) is 2. The maximum atomic E-state index is 11.1. The van der Waals surface area contributed by atoms with Crippen LogP contribution in [0.1, 0.15) is 12.6 Å². The van der Waals surface area contributed by atoms with Gasteiger partial charge in [-0.05, 0) is 13.0 Å². The Morgan fingerprint density at radius 1 is 1.44 bits per heavy atom. The predicted molar refractivity (Wildman–Crippen MR) is 62.4 cm³/mol. The maximum Gasteiger partial charge on any atom is 0.211 e. The second kappa shape index (κ2) is 5.97. The molecular formula is C9H18N4O2S. The Labute approximate surface area is 96.1 Å². The van der Waals surface area contributed by atoms with E-state index in [0.29, 0.717) is 19.6 Å². The lowest BCUT2D eigenvalue weighted by atomic mass is 10.4. The molecular weight excluding hydrogens is 228 g/mol. The fourth-order valence-corrected chi connectivity index (χ4v) is 1.79. The van der Waals surface area contributed by atoms with Crippen molar-refractivity contribution < 1.29 is 8.42 Å². The van der Waals surface area contributed by atoms with Gasteiger partial charge in [0.05, 0.1) is 11.4 Å². The third-order valence-electron chi connectivity index (χ3n) is 2.08. The molecule has 7 heteroatoms. The summed E-state index contributed by atoms with van der Waals surface area (Å²) in [5.41, 5.74) is 0.945. The van der Waals surface area contributed by atoms with E-state index in [1.165, 1.54) is 0 Å². The summed E-state index contributed by atoms with van der Waals surface area (Å²) in [4.78, 5) is 0. The molecule has 1 heterocycles. The molecule has 1 aromatic heterocycles. The number of hydrogen-bond donors (Lipinski definition) is 2. The van der Waals surface area contributed by atoms with Crippen molar-refractivity contribution in [2.75, 3.05) is 18.8 Å². The SMILES string of the molecule is CCS(=O)(=O)NCCNCc1ccn(C)n1. The van der Waals surface area contributed by atoms with Crippen molar-refractivity contribution in [2.45, 2.75) is 13.5 Å². The summed E-state index contributed by atoms with van der Waals surface area (Å²) in [5.74, 6) is 0.118. The third-order valence-corrected chi connectivity index (χ3v) is 3.48. The van der Waals surface area contributed by atoms with Gasteiger partial charge in [0.15, 0.2) is 0 Å². The monoisotopic (exact) mass is 246 g/mol. The Kier molecular flexibility index (Phi) is 4.91. The molecule has 0 amide bonds. The molecule has 0 unspecified atom stereocenters. The van der Waals surface area contributed by atoms with Crippen LogP contribution in [-0.4, -0.2) is 37.0 Å². The second-order valence-corrected chi connectivity index (χ2v) is 5.55. The Balaban J connectivity index is 2.13. The highest BCUT2D eigenvalue weighted by Gasteiger charge is 2.04. The number of aryl methyl sites for hydroxylation is 1. The first-order valence-corrected chi connectivity index (χ1v) is 6.85. The van der Waals surface area contributed by atoms with Gasteiger partial charge < -0.3 is 5.32 Å². The molecule has 0 aromatic carbocycles. The average Bonchev–Trinajstić information content (AvgIpc) is 2.64.